The zero-order valence-electron chi connectivity index (χ0n) is 15.4. The lowest BCUT2D eigenvalue weighted by molar-refractivity contribution is -0.136. The average Bonchev–Trinajstić information content (AvgIpc) is 2.92. The van der Waals surface area contributed by atoms with Gasteiger partial charge in [-0.15, -0.1) is 0 Å². The summed E-state index contributed by atoms with van der Waals surface area (Å²) in [4.78, 5) is 40.7. The minimum atomic E-state index is -0.420. The lowest BCUT2D eigenvalue weighted by Gasteiger charge is -2.27. The number of benzene rings is 1. The first-order valence-corrected chi connectivity index (χ1v) is 12.0. The maximum absolute atomic E-state index is 12.8. The van der Waals surface area contributed by atoms with Gasteiger partial charge in [-0.1, -0.05) is 0 Å². The molecule has 0 saturated carbocycles. The third-order valence-corrected chi connectivity index (χ3v) is 6.82. The molecule has 150 valence electrons. The summed E-state index contributed by atoms with van der Waals surface area (Å²) < 4.78 is 7.68. The van der Waals surface area contributed by atoms with Crippen molar-refractivity contribution < 1.29 is 19.1 Å². The predicted molar refractivity (Wildman–Crippen MR) is 126 cm³/mol. The van der Waals surface area contributed by atoms with Gasteiger partial charge < -0.3 is 9.64 Å². The third-order valence-electron chi connectivity index (χ3n) is 4.49. The number of carbonyl (C=O) groups is 3. The summed E-state index contributed by atoms with van der Waals surface area (Å²) in [7, 11) is 0. The number of imide groups is 1. The molecule has 9 heteroatoms. The van der Waals surface area contributed by atoms with Crippen molar-refractivity contribution in [2.24, 2.45) is 0 Å². The fraction of sp³-hybridized carbons (Fsp3) is 0.421. The smallest absolute Gasteiger partial charge is 0.294 e. The first-order valence-electron chi connectivity index (χ1n) is 9.05. The van der Waals surface area contributed by atoms with Crippen LogP contribution in [0.3, 0.4) is 0 Å². The zero-order chi connectivity index (χ0) is 20.3. The molecule has 0 aromatic heterocycles. The van der Waals surface area contributed by atoms with Gasteiger partial charge in [0.15, 0.2) is 0 Å². The number of hydrogen-bond donors (Lipinski definition) is 0. The van der Waals surface area contributed by atoms with Crippen LogP contribution in [-0.2, 0) is 9.59 Å². The molecule has 0 radical (unpaired) electrons. The van der Waals surface area contributed by atoms with Crippen molar-refractivity contribution in [1.29, 1.82) is 0 Å². The maximum Gasteiger partial charge on any atom is 0.294 e. The molecule has 2 fully saturated rings. The number of amides is 3. The second-order valence-electron chi connectivity index (χ2n) is 6.45. The van der Waals surface area contributed by atoms with E-state index in [4.69, 9.17) is 4.74 Å². The Labute approximate surface area is 195 Å². The van der Waals surface area contributed by atoms with E-state index in [1.807, 2.05) is 19.1 Å². The van der Waals surface area contributed by atoms with Crippen LogP contribution in [0.15, 0.2) is 17.0 Å². The van der Waals surface area contributed by atoms with Crippen LogP contribution in [0.1, 0.15) is 31.7 Å². The van der Waals surface area contributed by atoms with Crippen LogP contribution in [0, 0.1) is 7.14 Å². The van der Waals surface area contributed by atoms with Gasteiger partial charge in [0, 0.05) is 22.2 Å². The molecule has 2 aliphatic heterocycles. The van der Waals surface area contributed by atoms with E-state index in [1.165, 1.54) is 0 Å². The van der Waals surface area contributed by atoms with E-state index in [0.717, 1.165) is 48.6 Å². The monoisotopic (exact) mass is 626 g/mol. The number of thioether (sulfide) groups is 1. The van der Waals surface area contributed by atoms with E-state index in [2.05, 4.69) is 45.2 Å². The molecule has 2 saturated heterocycles. The fourth-order valence-corrected chi connectivity index (χ4v) is 6.01. The molecule has 0 unspecified atom stereocenters. The highest BCUT2D eigenvalue weighted by Gasteiger charge is 2.37. The first kappa shape index (κ1) is 21.9. The number of halogens is 2. The Balaban J connectivity index is 1.80. The second-order valence-corrected chi connectivity index (χ2v) is 9.85. The molecule has 0 atom stereocenters. The van der Waals surface area contributed by atoms with Gasteiger partial charge in [0.25, 0.3) is 11.1 Å². The van der Waals surface area contributed by atoms with E-state index in [9.17, 15) is 14.4 Å². The van der Waals surface area contributed by atoms with Crippen molar-refractivity contribution in [3.63, 3.8) is 0 Å². The summed E-state index contributed by atoms with van der Waals surface area (Å²) in [5.74, 6) is 0.110. The highest BCUT2D eigenvalue weighted by molar-refractivity contribution is 14.1. The Hall–Kier alpha value is -0.820. The molecule has 0 bridgehead atoms. The van der Waals surface area contributed by atoms with Crippen LogP contribution in [0.5, 0.6) is 5.75 Å². The number of piperidine rings is 1. The van der Waals surface area contributed by atoms with Gasteiger partial charge in [-0.2, -0.15) is 0 Å². The lowest BCUT2D eigenvalue weighted by atomic mass is 10.1. The molecule has 0 aliphatic carbocycles. The molecule has 3 amide bonds. The number of ether oxygens (including phenoxy) is 1. The predicted octanol–water partition coefficient (Wildman–Crippen LogP) is 4.34. The summed E-state index contributed by atoms with van der Waals surface area (Å²) in [6.45, 7) is 3.61. The van der Waals surface area contributed by atoms with Crippen LogP contribution in [0.25, 0.3) is 6.08 Å². The molecular formula is C19H20I2N2O4S. The Kier molecular flexibility index (Phi) is 7.65. The summed E-state index contributed by atoms with van der Waals surface area (Å²) in [5, 5.41) is -0.403. The first-order chi connectivity index (χ1) is 13.4. The summed E-state index contributed by atoms with van der Waals surface area (Å²) in [5.41, 5.74) is 0.756. The molecule has 0 N–H and O–H groups in total. The third kappa shape index (κ3) is 5.02. The Morgan fingerprint density at radius 2 is 1.93 bits per heavy atom. The minimum Gasteiger partial charge on any atom is -0.492 e. The quantitative estimate of drug-likeness (QED) is 0.360. The molecule has 1 aromatic rings. The van der Waals surface area contributed by atoms with Gasteiger partial charge in [0.05, 0.1) is 15.1 Å². The Morgan fingerprint density at radius 3 is 2.61 bits per heavy atom. The Bertz CT molecular complexity index is 837. The van der Waals surface area contributed by atoms with Crippen LogP contribution in [0.2, 0.25) is 0 Å². The van der Waals surface area contributed by atoms with Crippen LogP contribution < -0.4 is 4.74 Å². The van der Waals surface area contributed by atoms with E-state index < -0.39 is 11.1 Å². The molecular weight excluding hydrogens is 606 g/mol. The number of carbonyl (C=O) groups excluding carboxylic acids is 3. The number of nitrogens with zero attached hydrogens (tertiary/aromatic N) is 2. The van der Waals surface area contributed by atoms with E-state index >= 15 is 0 Å². The molecule has 6 nitrogen and oxygen atoms in total. The second kappa shape index (κ2) is 9.79. The van der Waals surface area contributed by atoms with Gasteiger partial charge in [0.2, 0.25) is 5.91 Å². The average molecular weight is 626 g/mol. The fourth-order valence-electron chi connectivity index (χ4n) is 3.14. The van der Waals surface area contributed by atoms with Gasteiger partial charge in [-0.3, -0.25) is 19.3 Å². The van der Waals surface area contributed by atoms with Gasteiger partial charge >= 0.3 is 0 Å². The van der Waals surface area contributed by atoms with Crippen molar-refractivity contribution in [1.82, 2.24) is 9.80 Å². The SMILES string of the molecule is CCOc1c(I)cc(I)cc1/C=C1\SC(=O)N(CC(=O)N2CCCCC2)C1=O. The number of likely N-dealkylation sites (tertiary alicyclic amines) is 1. The summed E-state index contributed by atoms with van der Waals surface area (Å²) in [6.07, 6.45) is 4.74. The number of hydrogen-bond acceptors (Lipinski definition) is 5. The Morgan fingerprint density at radius 1 is 1.21 bits per heavy atom. The van der Waals surface area contributed by atoms with Crippen LogP contribution >= 0.6 is 56.9 Å². The summed E-state index contributed by atoms with van der Waals surface area (Å²) >= 11 is 5.28. The van der Waals surface area contributed by atoms with Crippen molar-refractivity contribution in [3.8, 4) is 5.75 Å². The molecule has 3 rings (SSSR count). The summed E-state index contributed by atoms with van der Waals surface area (Å²) in [6, 6.07) is 3.91. The molecule has 2 heterocycles. The maximum atomic E-state index is 12.8. The minimum absolute atomic E-state index is 0.165. The van der Waals surface area contributed by atoms with E-state index in [1.54, 1.807) is 11.0 Å². The highest BCUT2D eigenvalue weighted by atomic mass is 127. The molecule has 0 spiro atoms. The number of rotatable bonds is 5. The van der Waals surface area contributed by atoms with Crippen LogP contribution in [0.4, 0.5) is 4.79 Å². The van der Waals surface area contributed by atoms with Gasteiger partial charge in [-0.05, 0) is 101 Å². The van der Waals surface area contributed by atoms with E-state index in [0.29, 0.717) is 30.4 Å². The molecule has 1 aromatic carbocycles. The standard InChI is InChI=1S/C19H20I2N2O4S/c1-2-27-17-12(8-13(20)10-14(17)21)9-15-18(25)23(19(26)28-15)11-16(24)22-6-4-3-5-7-22/h8-10H,2-7,11H2,1H3/b15-9-. The van der Waals surface area contributed by atoms with Crippen molar-refractivity contribution in [3.05, 3.63) is 29.7 Å². The normalized spacial score (nSPS) is 18.9. The molecule has 28 heavy (non-hydrogen) atoms. The van der Waals surface area contributed by atoms with Crippen LogP contribution in [-0.4, -0.2) is 53.1 Å². The highest BCUT2D eigenvalue weighted by Crippen LogP contribution is 2.36. The zero-order valence-corrected chi connectivity index (χ0v) is 20.5. The van der Waals surface area contributed by atoms with Crippen molar-refractivity contribution >= 4 is 80.1 Å². The largest absolute Gasteiger partial charge is 0.492 e. The molecule has 2 aliphatic rings. The topological polar surface area (TPSA) is 66.9 Å². The van der Waals surface area contributed by atoms with Crippen molar-refractivity contribution in [2.45, 2.75) is 26.2 Å². The van der Waals surface area contributed by atoms with Crippen molar-refractivity contribution in [2.75, 3.05) is 26.2 Å². The van der Waals surface area contributed by atoms with Gasteiger partial charge in [-0.25, -0.2) is 0 Å². The van der Waals surface area contributed by atoms with E-state index in [-0.39, 0.29) is 12.5 Å². The lowest BCUT2D eigenvalue weighted by Crippen LogP contribution is -2.44. The van der Waals surface area contributed by atoms with Gasteiger partial charge in [0.1, 0.15) is 12.3 Å².